The molecular weight excluding hydrogens is 312 g/mol. The van der Waals surface area contributed by atoms with Gasteiger partial charge in [-0.2, -0.15) is 20.1 Å². The lowest BCUT2D eigenvalue weighted by Gasteiger charge is -2.13. The third kappa shape index (κ3) is 4.66. The Bertz CT molecular complexity index is 578. The first kappa shape index (κ1) is 16.7. The summed E-state index contributed by atoms with van der Waals surface area (Å²) < 4.78 is 34.1. The van der Waals surface area contributed by atoms with E-state index in [2.05, 4.69) is 10.1 Å². The number of aliphatic hydroxyl groups excluding tert-OH is 1. The largest absolute Gasteiger partial charge is 0.493 e. The third-order valence-electron chi connectivity index (χ3n) is 3.04. The molecule has 1 aromatic heterocycles. The van der Waals surface area contributed by atoms with Crippen LogP contribution in [-0.2, 0) is 6.54 Å². The lowest BCUT2D eigenvalue weighted by molar-refractivity contribution is -0.0512. The van der Waals surface area contributed by atoms with E-state index >= 15 is 0 Å². The molecule has 0 fully saturated rings. The van der Waals surface area contributed by atoms with Gasteiger partial charge in [0.1, 0.15) is 0 Å². The number of halogens is 2. The first-order valence-electron chi connectivity index (χ1n) is 6.62. The molecule has 4 nitrogen and oxygen atoms in total. The van der Waals surface area contributed by atoms with Crippen molar-refractivity contribution in [2.24, 2.45) is 0 Å². The van der Waals surface area contributed by atoms with Gasteiger partial charge in [-0.05, 0) is 40.1 Å². The predicted molar refractivity (Wildman–Crippen MR) is 80.6 cm³/mol. The van der Waals surface area contributed by atoms with Crippen molar-refractivity contribution >= 4 is 11.3 Å². The van der Waals surface area contributed by atoms with E-state index in [1.54, 1.807) is 12.1 Å². The highest BCUT2D eigenvalue weighted by Crippen LogP contribution is 2.29. The number of hydrogen-bond donors (Lipinski definition) is 2. The van der Waals surface area contributed by atoms with Crippen LogP contribution in [0.15, 0.2) is 35.0 Å². The first-order chi connectivity index (χ1) is 10.6. The van der Waals surface area contributed by atoms with Gasteiger partial charge in [0.15, 0.2) is 11.5 Å². The van der Waals surface area contributed by atoms with Crippen molar-refractivity contribution < 1.29 is 23.4 Å². The number of nitrogens with one attached hydrogen (secondary N) is 1. The number of alkyl halides is 2. The highest BCUT2D eigenvalue weighted by atomic mass is 32.1. The number of benzene rings is 1. The quantitative estimate of drug-likeness (QED) is 0.781. The zero-order chi connectivity index (χ0) is 15.9. The summed E-state index contributed by atoms with van der Waals surface area (Å²) in [5, 5.41) is 16.8. The van der Waals surface area contributed by atoms with Crippen molar-refractivity contribution in [3.05, 3.63) is 46.2 Å². The number of ether oxygens (including phenoxy) is 2. The zero-order valence-electron chi connectivity index (χ0n) is 12.0. The molecule has 0 saturated carbocycles. The van der Waals surface area contributed by atoms with Gasteiger partial charge in [-0.1, -0.05) is 6.07 Å². The minimum absolute atomic E-state index is 0.00446. The second-order valence-corrected chi connectivity index (χ2v) is 5.35. The molecule has 0 radical (unpaired) electrons. The fourth-order valence-corrected chi connectivity index (χ4v) is 2.66. The number of aliphatic hydroxyl groups is 1. The topological polar surface area (TPSA) is 50.7 Å². The molecule has 0 bridgehead atoms. The highest BCUT2D eigenvalue weighted by molar-refractivity contribution is 7.07. The molecule has 1 aromatic carbocycles. The number of thiophene rings is 1. The molecule has 1 heterocycles. The van der Waals surface area contributed by atoms with Gasteiger partial charge < -0.3 is 19.9 Å². The number of rotatable bonds is 8. The third-order valence-corrected chi connectivity index (χ3v) is 3.74. The Morgan fingerprint density at radius 1 is 1.27 bits per heavy atom. The van der Waals surface area contributed by atoms with Crippen LogP contribution >= 0.6 is 11.3 Å². The van der Waals surface area contributed by atoms with Gasteiger partial charge in [-0.3, -0.25) is 0 Å². The fourth-order valence-electron chi connectivity index (χ4n) is 1.95. The summed E-state index contributed by atoms with van der Waals surface area (Å²) in [4.78, 5) is 0. The van der Waals surface area contributed by atoms with Gasteiger partial charge in [0.05, 0.1) is 13.2 Å². The molecule has 0 saturated heterocycles. The van der Waals surface area contributed by atoms with Crippen molar-refractivity contribution in [1.82, 2.24) is 5.32 Å². The van der Waals surface area contributed by atoms with Gasteiger partial charge in [0.2, 0.25) is 0 Å². The van der Waals surface area contributed by atoms with Crippen LogP contribution in [0.2, 0.25) is 0 Å². The average molecular weight is 329 g/mol. The molecule has 22 heavy (non-hydrogen) atoms. The number of methoxy groups -OCH3 is 1. The van der Waals surface area contributed by atoms with Gasteiger partial charge in [0.25, 0.3) is 0 Å². The van der Waals surface area contributed by atoms with Crippen LogP contribution in [0.3, 0.4) is 0 Å². The Kier molecular flexibility index (Phi) is 6.11. The molecule has 0 amide bonds. The minimum atomic E-state index is -2.91. The Labute approximate surface area is 131 Å². The monoisotopic (exact) mass is 329 g/mol. The number of hydrogen-bond acceptors (Lipinski definition) is 5. The van der Waals surface area contributed by atoms with E-state index in [0.29, 0.717) is 13.1 Å². The van der Waals surface area contributed by atoms with E-state index < -0.39 is 12.7 Å². The SMILES string of the molecule is COc1ccc(CNCC(O)c2ccsc2)cc1OC(F)F. The van der Waals surface area contributed by atoms with Crippen molar-refractivity contribution in [1.29, 1.82) is 0 Å². The molecule has 0 aliphatic rings. The first-order valence-corrected chi connectivity index (χ1v) is 7.57. The predicted octanol–water partition coefficient (Wildman–Crippen LogP) is 3.18. The Morgan fingerprint density at radius 3 is 2.73 bits per heavy atom. The summed E-state index contributed by atoms with van der Waals surface area (Å²) in [5.74, 6) is 0.248. The fraction of sp³-hybridized carbons (Fsp3) is 0.333. The van der Waals surface area contributed by atoms with E-state index in [1.807, 2.05) is 16.8 Å². The van der Waals surface area contributed by atoms with E-state index in [9.17, 15) is 13.9 Å². The van der Waals surface area contributed by atoms with Gasteiger partial charge >= 0.3 is 6.61 Å². The van der Waals surface area contributed by atoms with Gasteiger partial charge in [0, 0.05) is 13.1 Å². The summed E-state index contributed by atoms with van der Waals surface area (Å²) in [5.41, 5.74) is 1.61. The van der Waals surface area contributed by atoms with Crippen LogP contribution in [0.5, 0.6) is 11.5 Å². The van der Waals surface area contributed by atoms with Crippen LogP contribution in [0.4, 0.5) is 8.78 Å². The van der Waals surface area contributed by atoms with Gasteiger partial charge in [-0.15, -0.1) is 0 Å². The summed E-state index contributed by atoms with van der Waals surface area (Å²) >= 11 is 1.52. The van der Waals surface area contributed by atoms with Crippen molar-refractivity contribution in [2.75, 3.05) is 13.7 Å². The molecule has 0 aliphatic carbocycles. The molecule has 7 heteroatoms. The maximum absolute atomic E-state index is 12.4. The van der Waals surface area contributed by atoms with Crippen LogP contribution < -0.4 is 14.8 Å². The van der Waals surface area contributed by atoms with Crippen molar-refractivity contribution in [3.63, 3.8) is 0 Å². The average Bonchev–Trinajstić information content (AvgIpc) is 3.01. The molecular formula is C15H17F2NO3S. The highest BCUT2D eigenvalue weighted by Gasteiger charge is 2.12. The lowest BCUT2D eigenvalue weighted by atomic mass is 10.1. The molecule has 1 atom stereocenters. The summed E-state index contributed by atoms with van der Waals surface area (Å²) in [6.45, 7) is -2.11. The second-order valence-electron chi connectivity index (χ2n) is 4.57. The maximum Gasteiger partial charge on any atom is 0.387 e. The molecule has 1 unspecified atom stereocenters. The maximum atomic E-state index is 12.4. The zero-order valence-corrected chi connectivity index (χ0v) is 12.8. The van der Waals surface area contributed by atoms with E-state index in [-0.39, 0.29) is 11.5 Å². The summed E-state index contributed by atoms with van der Waals surface area (Å²) in [6.07, 6.45) is -0.596. The summed E-state index contributed by atoms with van der Waals surface area (Å²) in [6, 6.07) is 6.68. The lowest BCUT2D eigenvalue weighted by Crippen LogP contribution is -2.20. The van der Waals surface area contributed by atoms with E-state index in [4.69, 9.17) is 4.74 Å². The van der Waals surface area contributed by atoms with Crippen molar-refractivity contribution in [2.45, 2.75) is 19.3 Å². The summed E-state index contributed by atoms with van der Waals surface area (Å²) in [7, 11) is 1.39. The Balaban J connectivity index is 1.92. The standard InChI is InChI=1S/C15H17F2NO3S/c1-20-13-3-2-10(6-14(13)21-15(16)17)7-18-8-12(19)11-4-5-22-9-11/h2-6,9,12,15,18-19H,7-8H2,1H3. The van der Waals surface area contributed by atoms with Gasteiger partial charge in [-0.25, -0.2) is 0 Å². The Morgan fingerprint density at radius 2 is 2.09 bits per heavy atom. The van der Waals surface area contributed by atoms with E-state index in [0.717, 1.165) is 11.1 Å². The second kappa shape index (κ2) is 8.07. The molecule has 0 spiro atoms. The molecule has 2 aromatic rings. The smallest absolute Gasteiger partial charge is 0.387 e. The molecule has 2 N–H and O–H groups in total. The van der Waals surface area contributed by atoms with Crippen LogP contribution in [0, 0.1) is 0 Å². The molecule has 120 valence electrons. The Hall–Kier alpha value is -1.70. The van der Waals surface area contributed by atoms with Crippen LogP contribution in [0.25, 0.3) is 0 Å². The molecule has 0 aliphatic heterocycles. The van der Waals surface area contributed by atoms with E-state index in [1.165, 1.54) is 24.5 Å². The minimum Gasteiger partial charge on any atom is -0.493 e. The van der Waals surface area contributed by atoms with Crippen LogP contribution in [-0.4, -0.2) is 25.4 Å². The van der Waals surface area contributed by atoms with Crippen LogP contribution in [0.1, 0.15) is 17.2 Å². The molecule has 2 rings (SSSR count). The van der Waals surface area contributed by atoms with Crippen molar-refractivity contribution in [3.8, 4) is 11.5 Å². The normalized spacial score (nSPS) is 12.4.